The number of nitrogens with one attached hydrogen (secondary N) is 1. The molecule has 0 aliphatic carbocycles. The minimum Gasteiger partial charge on any atom is -0.327 e. The molecule has 0 spiro atoms. The van der Waals surface area contributed by atoms with Crippen LogP contribution in [0.5, 0.6) is 0 Å². The molecule has 0 atom stereocenters. The number of carbonyl (C=O) groups is 1. The highest BCUT2D eigenvalue weighted by Gasteiger charge is 1.89. The van der Waals surface area contributed by atoms with E-state index in [0.717, 1.165) is 5.70 Å². The maximum atomic E-state index is 10.4. The molecule has 0 bridgehead atoms. The van der Waals surface area contributed by atoms with Crippen molar-refractivity contribution in [3.63, 3.8) is 0 Å². The molecule has 1 amide bonds. The highest BCUT2D eigenvalue weighted by Crippen LogP contribution is 1.87. The van der Waals surface area contributed by atoms with Crippen LogP contribution in [0.3, 0.4) is 0 Å². The lowest BCUT2D eigenvalue weighted by Crippen LogP contribution is -2.17. The monoisotopic (exact) mass is 125 g/mol. The summed E-state index contributed by atoms with van der Waals surface area (Å²) >= 11 is 0. The molecule has 0 aromatic carbocycles. The first-order valence-electron chi connectivity index (χ1n) is 2.77. The van der Waals surface area contributed by atoms with E-state index in [4.69, 9.17) is 0 Å². The lowest BCUT2D eigenvalue weighted by Gasteiger charge is -1.98. The first kappa shape index (κ1) is 7.95. The van der Waals surface area contributed by atoms with Gasteiger partial charge in [0.2, 0.25) is 5.91 Å². The average molecular weight is 125 g/mol. The van der Waals surface area contributed by atoms with Crippen LogP contribution < -0.4 is 5.32 Å². The molecule has 0 saturated carbocycles. The third-order valence-electron chi connectivity index (χ3n) is 0.851. The summed E-state index contributed by atoms with van der Waals surface area (Å²) in [4.78, 5) is 10.4. The molecule has 0 saturated heterocycles. The zero-order valence-electron chi connectivity index (χ0n) is 5.77. The molecule has 0 unspecified atom stereocenters. The van der Waals surface area contributed by atoms with Crippen LogP contribution in [0.1, 0.15) is 13.8 Å². The van der Waals surface area contributed by atoms with Crippen molar-refractivity contribution < 1.29 is 4.79 Å². The quantitative estimate of drug-likeness (QED) is 0.552. The Kier molecular flexibility index (Phi) is 3.44. The smallest absolute Gasteiger partial charge is 0.221 e. The van der Waals surface area contributed by atoms with Gasteiger partial charge in [-0.15, -0.1) is 0 Å². The average Bonchev–Trinajstić information content (AvgIpc) is 1.82. The molecule has 0 heterocycles. The fourth-order valence-corrected chi connectivity index (χ4v) is 0.444. The van der Waals surface area contributed by atoms with E-state index in [1.165, 1.54) is 6.92 Å². The normalized spacial score (nSPS) is 10.7. The summed E-state index contributed by atoms with van der Waals surface area (Å²) in [6.45, 7) is 6.81. The van der Waals surface area contributed by atoms with Crippen LogP contribution in [0.2, 0.25) is 0 Å². The van der Waals surface area contributed by atoms with Crippen molar-refractivity contribution in [1.29, 1.82) is 0 Å². The topological polar surface area (TPSA) is 29.1 Å². The van der Waals surface area contributed by atoms with Gasteiger partial charge < -0.3 is 5.32 Å². The van der Waals surface area contributed by atoms with Gasteiger partial charge in [-0.05, 0) is 13.0 Å². The predicted octanol–water partition coefficient (Wildman–Crippen LogP) is 1.21. The Balaban J connectivity index is 3.86. The van der Waals surface area contributed by atoms with Crippen LogP contribution in [0.15, 0.2) is 24.4 Å². The van der Waals surface area contributed by atoms with Crippen molar-refractivity contribution in [3.05, 3.63) is 24.4 Å². The highest BCUT2D eigenvalue weighted by atomic mass is 16.1. The predicted molar refractivity (Wildman–Crippen MR) is 37.8 cm³/mol. The van der Waals surface area contributed by atoms with E-state index in [9.17, 15) is 4.79 Å². The summed E-state index contributed by atoms with van der Waals surface area (Å²) < 4.78 is 0. The van der Waals surface area contributed by atoms with Crippen LogP contribution in [0.25, 0.3) is 0 Å². The Morgan fingerprint density at radius 2 is 2.22 bits per heavy atom. The van der Waals surface area contributed by atoms with Gasteiger partial charge in [-0.3, -0.25) is 4.79 Å². The Morgan fingerprint density at radius 3 is 2.33 bits per heavy atom. The molecule has 0 aliphatic heterocycles. The molecular weight excluding hydrogens is 114 g/mol. The number of rotatable bonds is 2. The third kappa shape index (κ3) is 3.53. The maximum Gasteiger partial charge on any atom is 0.221 e. The van der Waals surface area contributed by atoms with E-state index in [0.29, 0.717) is 0 Å². The van der Waals surface area contributed by atoms with Crippen LogP contribution >= 0.6 is 0 Å². The van der Waals surface area contributed by atoms with E-state index >= 15 is 0 Å². The van der Waals surface area contributed by atoms with E-state index in [1.807, 2.05) is 6.92 Å². The van der Waals surface area contributed by atoms with Gasteiger partial charge in [0.05, 0.1) is 0 Å². The van der Waals surface area contributed by atoms with Crippen LogP contribution in [0, 0.1) is 0 Å². The lowest BCUT2D eigenvalue weighted by molar-refractivity contribution is -0.118. The molecule has 50 valence electrons. The second-order valence-electron chi connectivity index (χ2n) is 1.63. The van der Waals surface area contributed by atoms with Crippen molar-refractivity contribution >= 4 is 5.91 Å². The Bertz CT molecular complexity index is 147. The fraction of sp³-hybridized carbons (Fsp3) is 0.286. The Labute approximate surface area is 55.3 Å². The van der Waals surface area contributed by atoms with E-state index in [2.05, 4.69) is 11.9 Å². The Morgan fingerprint density at radius 1 is 1.67 bits per heavy atom. The second kappa shape index (κ2) is 3.89. The van der Waals surface area contributed by atoms with E-state index in [-0.39, 0.29) is 5.91 Å². The SMILES string of the molecule is C=C/C(=C\C)NC(C)=O. The number of carbonyl (C=O) groups excluding carboxylic acids is 1. The molecule has 2 nitrogen and oxygen atoms in total. The lowest BCUT2D eigenvalue weighted by atomic mass is 10.4. The number of allylic oxidation sites excluding steroid dienone is 2. The Hall–Kier alpha value is -1.05. The molecule has 0 aromatic rings. The molecule has 0 radical (unpaired) electrons. The summed E-state index contributed by atoms with van der Waals surface area (Å²) in [5, 5.41) is 2.58. The summed E-state index contributed by atoms with van der Waals surface area (Å²) in [7, 11) is 0. The van der Waals surface area contributed by atoms with Crippen molar-refractivity contribution in [1.82, 2.24) is 5.32 Å². The van der Waals surface area contributed by atoms with E-state index < -0.39 is 0 Å². The second-order valence-corrected chi connectivity index (χ2v) is 1.63. The fourth-order valence-electron chi connectivity index (χ4n) is 0.444. The molecule has 9 heavy (non-hydrogen) atoms. The van der Waals surface area contributed by atoms with E-state index in [1.54, 1.807) is 12.2 Å². The van der Waals surface area contributed by atoms with Crippen LogP contribution in [0.4, 0.5) is 0 Å². The van der Waals surface area contributed by atoms with Crippen molar-refractivity contribution in [2.45, 2.75) is 13.8 Å². The molecule has 1 N–H and O–H groups in total. The standard InChI is InChI=1S/C7H11NO/c1-4-7(5-2)8-6(3)9/h4-5H,1H2,2-3H3,(H,8,9)/b7-5+. The summed E-state index contributed by atoms with van der Waals surface area (Å²) in [5.41, 5.74) is 0.752. The largest absolute Gasteiger partial charge is 0.327 e. The van der Waals surface area contributed by atoms with Gasteiger partial charge >= 0.3 is 0 Å². The van der Waals surface area contributed by atoms with Crippen molar-refractivity contribution in [2.75, 3.05) is 0 Å². The van der Waals surface area contributed by atoms with Crippen LogP contribution in [-0.2, 0) is 4.79 Å². The van der Waals surface area contributed by atoms with Crippen molar-refractivity contribution in [3.8, 4) is 0 Å². The van der Waals surface area contributed by atoms with Gasteiger partial charge in [0.15, 0.2) is 0 Å². The maximum absolute atomic E-state index is 10.4. The van der Waals surface area contributed by atoms with Gasteiger partial charge in [0, 0.05) is 12.6 Å². The minimum atomic E-state index is -0.0667. The third-order valence-corrected chi connectivity index (χ3v) is 0.851. The van der Waals surface area contributed by atoms with Gasteiger partial charge in [-0.2, -0.15) is 0 Å². The summed E-state index contributed by atoms with van der Waals surface area (Å²) in [6, 6.07) is 0. The molecule has 2 heteroatoms. The van der Waals surface area contributed by atoms with Gasteiger partial charge in [-0.1, -0.05) is 12.7 Å². The molecule has 0 fully saturated rings. The van der Waals surface area contributed by atoms with Gasteiger partial charge in [0.1, 0.15) is 0 Å². The summed E-state index contributed by atoms with van der Waals surface area (Å²) in [6.07, 6.45) is 3.38. The van der Waals surface area contributed by atoms with Gasteiger partial charge in [-0.25, -0.2) is 0 Å². The highest BCUT2D eigenvalue weighted by molar-refractivity contribution is 5.75. The number of hydrogen-bond acceptors (Lipinski definition) is 1. The molecular formula is C7H11NO. The summed E-state index contributed by atoms with van der Waals surface area (Å²) in [5.74, 6) is -0.0667. The minimum absolute atomic E-state index is 0.0667. The van der Waals surface area contributed by atoms with Gasteiger partial charge in [0.25, 0.3) is 0 Å². The van der Waals surface area contributed by atoms with Crippen LogP contribution in [-0.4, -0.2) is 5.91 Å². The number of hydrogen-bond donors (Lipinski definition) is 1. The first-order chi connectivity index (χ1) is 4.20. The number of amides is 1. The first-order valence-corrected chi connectivity index (χ1v) is 2.77. The van der Waals surface area contributed by atoms with Crippen molar-refractivity contribution in [2.24, 2.45) is 0 Å². The molecule has 0 aliphatic rings. The zero-order chi connectivity index (χ0) is 7.28. The molecule has 0 aromatic heterocycles. The molecule has 0 rings (SSSR count). The zero-order valence-corrected chi connectivity index (χ0v) is 5.77.